The number of carbonyl (C=O) groups is 1. The van der Waals surface area contributed by atoms with E-state index < -0.39 is 28.4 Å². The van der Waals surface area contributed by atoms with Gasteiger partial charge in [0.05, 0.1) is 11.5 Å². The van der Waals surface area contributed by atoms with Gasteiger partial charge in [-0.1, -0.05) is 0 Å². The second-order valence-corrected chi connectivity index (χ2v) is 6.42. The molecule has 0 spiro atoms. The number of aromatic nitrogens is 2. The molecule has 160 valence electrons. The fourth-order valence-corrected chi connectivity index (χ4v) is 3.10. The summed E-state index contributed by atoms with van der Waals surface area (Å²) in [4.78, 5) is 32.1. The zero-order valence-electron chi connectivity index (χ0n) is 16.0. The van der Waals surface area contributed by atoms with Crippen LogP contribution < -0.4 is 10.2 Å². The highest BCUT2D eigenvalue weighted by atomic mass is 19.1. The van der Waals surface area contributed by atoms with Crippen molar-refractivity contribution in [3.63, 3.8) is 0 Å². The van der Waals surface area contributed by atoms with Gasteiger partial charge in [0.25, 0.3) is 0 Å². The predicted molar refractivity (Wildman–Crippen MR) is 102 cm³/mol. The van der Waals surface area contributed by atoms with Gasteiger partial charge in [0.15, 0.2) is 0 Å². The first-order valence-electron chi connectivity index (χ1n) is 9.18. The Hall–Kier alpha value is -3.57. The average molecular weight is 423 g/mol. The third-order valence-electron chi connectivity index (χ3n) is 4.38. The van der Waals surface area contributed by atoms with Gasteiger partial charge in [0.1, 0.15) is 24.1 Å². The summed E-state index contributed by atoms with van der Waals surface area (Å²) >= 11 is 0. The number of anilines is 3. The molecule has 0 aliphatic carbocycles. The molecule has 0 saturated carbocycles. The van der Waals surface area contributed by atoms with E-state index in [0.29, 0.717) is 32.0 Å². The highest BCUT2D eigenvalue weighted by molar-refractivity contribution is 5.74. The second kappa shape index (κ2) is 9.29. The smallest absolute Gasteiger partial charge is 0.435 e. The van der Waals surface area contributed by atoms with Gasteiger partial charge in [0, 0.05) is 37.7 Å². The van der Waals surface area contributed by atoms with Crippen LogP contribution in [0.5, 0.6) is 0 Å². The van der Waals surface area contributed by atoms with Crippen molar-refractivity contribution in [2.75, 3.05) is 29.9 Å². The van der Waals surface area contributed by atoms with Crippen LogP contribution in [0.2, 0.25) is 0 Å². The number of benzene rings is 1. The van der Waals surface area contributed by atoms with Crippen molar-refractivity contribution in [3.8, 4) is 0 Å². The summed E-state index contributed by atoms with van der Waals surface area (Å²) in [6, 6.07) is 2.67. The third-order valence-corrected chi connectivity index (χ3v) is 4.38. The fraction of sp³-hybridized carbons (Fsp3) is 0.389. The molecular weight excluding hydrogens is 404 g/mol. The van der Waals surface area contributed by atoms with Gasteiger partial charge in [-0.3, -0.25) is 10.1 Å². The molecule has 0 amide bonds. The minimum Gasteiger partial charge on any atom is -0.435 e. The van der Waals surface area contributed by atoms with Gasteiger partial charge < -0.3 is 19.7 Å². The number of rotatable bonds is 6. The van der Waals surface area contributed by atoms with Crippen LogP contribution in [0.25, 0.3) is 0 Å². The fourth-order valence-electron chi connectivity index (χ4n) is 3.10. The molecule has 1 aromatic carbocycles. The van der Waals surface area contributed by atoms with E-state index >= 15 is 0 Å². The quantitative estimate of drug-likeness (QED) is 0.422. The number of hydrogen-bond donors (Lipinski definition) is 1. The zero-order valence-corrected chi connectivity index (χ0v) is 16.0. The van der Waals surface area contributed by atoms with Gasteiger partial charge in [0.2, 0.25) is 11.6 Å². The lowest BCUT2D eigenvalue weighted by atomic mass is 10.1. The summed E-state index contributed by atoms with van der Waals surface area (Å²) in [6.45, 7) is 2.56. The Labute approximate surface area is 170 Å². The summed E-state index contributed by atoms with van der Waals surface area (Å²) in [5.41, 5.74) is -0.450. The second-order valence-electron chi connectivity index (χ2n) is 6.42. The predicted octanol–water partition coefficient (Wildman–Crippen LogP) is 3.55. The Balaban J connectivity index is 1.78. The zero-order chi connectivity index (χ0) is 21.7. The summed E-state index contributed by atoms with van der Waals surface area (Å²) in [7, 11) is 0. The van der Waals surface area contributed by atoms with Crippen LogP contribution in [0.15, 0.2) is 24.5 Å². The Morgan fingerprint density at radius 3 is 2.53 bits per heavy atom. The number of carbonyl (C=O) groups excluding carboxylic acids is 1. The molecule has 0 atom stereocenters. The van der Waals surface area contributed by atoms with Crippen LogP contribution in [0, 0.1) is 21.7 Å². The van der Waals surface area contributed by atoms with Gasteiger partial charge in [-0.05, 0) is 19.1 Å². The van der Waals surface area contributed by atoms with Crippen molar-refractivity contribution in [1.29, 1.82) is 0 Å². The van der Waals surface area contributed by atoms with Crippen LogP contribution in [-0.2, 0) is 9.47 Å². The molecule has 3 rings (SSSR count). The molecule has 10 nitrogen and oxygen atoms in total. The van der Waals surface area contributed by atoms with E-state index in [-0.39, 0.29) is 30.0 Å². The van der Waals surface area contributed by atoms with E-state index in [1.807, 2.05) is 0 Å². The van der Waals surface area contributed by atoms with Crippen molar-refractivity contribution < 1.29 is 28.0 Å². The van der Waals surface area contributed by atoms with Crippen LogP contribution in [0.3, 0.4) is 0 Å². The van der Waals surface area contributed by atoms with E-state index in [1.165, 1.54) is 0 Å². The molecule has 1 fully saturated rings. The molecule has 1 aromatic heterocycles. The maximum absolute atomic E-state index is 13.4. The van der Waals surface area contributed by atoms with Crippen LogP contribution in [0.1, 0.15) is 19.8 Å². The maximum Gasteiger partial charge on any atom is 0.508 e. The van der Waals surface area contributed by atoms with E-state index in [1.54, 1.807) is 11.8 Å². The SMILES string of the molecule is CCOC(=O)OC1CCN(c2ncnc(Nc3cc(F)cc(F)c3)c2[N+](=O)[O-])CC1. The van der Waals surface area contributed by atoms with Gasteiger partial charge in [-0.25, -0.2) is 23.5 Å². The topological polar surface area (TPSA) is 120 Å². The minimum absolute atomic E-state index is 0.0261. The van der Waals surface area contributed by atoms with Crippen LogP contribution in [-0.4, -0.2) is 46.8 Å². The largest absolute Gasteiger partial charge is 0.508 e. The highest BCUT2D eigenvalue weighted by Crippen LogP contribution is 2.35. The number of piperidine rings is 1. The van der Waals surface area contributed by atoms with Crippen LogP contribution in [0.4, 0.5) is 36.6 Å². The lowest BCUT2D eigenvalue weighted by Crippen LogP contribution is -2.38. The number of nitrogens with one attached hydrogen (secondary N) is 1. The molecule has 12 heteroatoms. The molecule has 1 aliphatic rings. The number of halogens is 2. The van der Waals surface area contributed by atoms with E-state index in [9.17, 15) is 23.7 Å². The average Bonchev–Trinajstić information content (AvgIpc) is 2.67. The number of hydrogen-bond acceptors (Lipinski definition) is 9. The Kier molecular flexibility index (Phi) is 6.54. The molecule has 1 saturated heterocycles. The molecule has 0 bridgehead atoms. The summed E-state index contributed by atoms with van der Waals surface area (Å²) in [5.74, 6) is -1.81. The van der Waals surface area contributed by atoms with E-state index in [0.717, 1.165) is 18.5 Å². The van der Waals surface area contributed by atoms with E-state index in [4.69, 9.17) is 9.47 Å². The Morgan fingerprint density at radius 2 is 1.93 bits per heavy atom. The maximum atomic E-state index is 13.4. The van der Waals surface area contributed by atoms with Crippen LogP contribution >= 0.6 is 0 Å². The molecule has 2 heterocycles. The number of nitro groups is 1. The van der Waals surface area contributed by atoms with Gasteiger partial charge >= 0.3 is 11.8 Å². The third kappa shape index (κ3) is 5.07. The molecule has 2 aromatic rings. The van der Waals surface area contributed by atoms with Gasteiger partial charge in [-0.15, -0.1) is 0 Å². The normalized spacial score (nSPS) is 14.3. The summed E-state index contributed by atoms with van der Waals surface area (Å²) in [5, 5.41) is 14.3. The first-order valence-corrected chi connectivity index (χ1v) is 9.18. The highest BCUT2D eigenvalue weighted by Gasteiger charge is 2.31. The molecule has 0 radical (unpaired) electrons. The number of ether oxygens (including phenoxy) is 2. The Bertz CT molecular complexity index is 917. The van der Waals surface area contributed by atoms with E-state index in [2.05, 4.69) is 15.3 Å². The van der Waals surface area contributed by atoms with Gasteiger partial charge in [-0.2, -0.15) is 0 Å². The molecule has 1 N–H and O–H groups in total. The first kappa shape index (κ1) is 21.1. The molecule has 1 aliphatic heterocycles. The molecule has 30 heavy (non-hydrogen) atoms. The monoisotopic (exact) mass is 423 g/mol. The lowest BCUT2D eigenvalue weighted by Gasteiger charge is -2.31. The standard InChI is InChI=1S/C18H19F2N5O5/c1-2-29-18(26)30-14-3-5-24(6-4-14)17-15(25(27)28)16(21-10-22-17)23-13-8-11(19)7-12(20)9-13/h7-10,14H,2-6H2,1H3,(H,21,22,23). The summed E-state index contributed by atoms with van der Waals surface area (Å²) in [6.07, 6.45) is 0.865. The van der Waals surface area contributed by atoms with Crippen molar-refractivity contribution in [2.24, 2.45) is 0 Å². The van der Waals surface area contributed by atoms with Crippen molar-refractivity contribution >= 4 is 29.2 Å². The Morgan fingerprint density at radius 1 is 1.27 bits per heavy atom. The summed E-state index contributed by atoms with van der Waals surface area (Å²) < 4.78 is 36.8. The van der Waals surface area contributed by atoms with Crippen molar-refractivity contribution in [2.45, 2.75) is 25.9 Å². The van der Waals surface area contributed by atoms with Crippen molar-refractivity contribution in [3.05, 3.63) is 46.3 Å². The first-order chi connectivity index (χ1) is 14.4. The van der Waals surface area contributed by atoms with Crippen molar-refractivity contribution in [1.82, 2.24) is 9.97 Å². The number of nitrogens with zero attached hydrogens (tertiary/aromatic N) is 4. The molecule has 0 unspecified atom stereocenters. The molecular formula is C18H19F2N5O5. The lowest BCUT2D eigenvalue weighted by molar-refractivity contribution is -0.383. The minimum atomic E-state index is -0.835.